The maximum atomic E-state index is 13.8. The SMILES string of the molecule is C/C(C=O)=C(/C)Oc1ccc(N(C(=O)c2ccncc2)S(=O)(=O)c2ccc(C)cc2C)cc1C. The van der Waals surface area contributed by atoms with Gasteiger partial charge in [-0.3, -0.25) is 14.6 Å². The summed E-state index contributed by atoms with van der Waals surface area (Å²) in [4.78, 5) is 28.5. The van der Waals surface area contributed by atoms with Gasteiger partial charge in [-0.25, -0.2) is 8.42 Å². The van der Waals surface area contributed by atoms with Gasteiger partial charge in [-0.2, -0.15) is 4.31 Å². The van der Waals surface area contributed by atoms with Crippen molar-refractivity contribution in [3.8, 4) is 5.75 Å². The van der Waals surface area contributed by atoms with Crippen LogP contribution >= 0.6 is 0 Å². The predicted molar refractivity (Wildman–Crippen MR) is 130 cm³/mol. The average molecular weight is 479 g/mol. The standard InChI is InChI=1S/C26H26N2O5S/c1-17-6-9-25(19(3)14-17)34(31,32)28(26(30)22-10-12-27-13-11-22)23-7-8-24(18(2)15-23)33-21(5)20(4)16-29/h6-16H,1-5H3/b21-20+. The molecule has 8 heteroatoms. The number of benzene rings is 2. The number of rotatable bonds is 7. The largest absolute Gasteiger partial charge is 0.461 e. The second-order valence-corrected chi connectivity index (χ2v) is 9.74. The van der Waals surface area contributed by atoms with Crippen LogP contribution in [0.3, 0.4) is 0 Å². The minimum atomic E-state index is -4.25. The Hall–Kier alpha value is -3.78. The van der Waals surface area contributed by atoms with Gasteiger partial charge in [0.1, 0.15) is 17.8 Å². The molecule has 0 aliphatic carbocycles. The van der Waals surface area contributed by atoms with Gasteiger partial charge in [0.05, 0.1) is 10.6 Å². The minimum Gasteiger partial charge on any atom is -0.461 e. The highest BCUT2D eigenvalue weighted by Crippen LogP contribution is 2.32. The number of nitrogens with zero attached hydrogens (tertiary/aromatic N) is 2. The van der Waals surface area contributed by atoms with Crippen molar-refractivity contribution in [1.82, 2.24) is 4.98 Å². The van der Waals surface area contributed by atoms with E-state index in [1.165, 1.54) is 36.7 Å². The van der Waals surface area contributed by atoms with Gasteiger partial charge in [0.15, 0.2) is 0 Å². The molecule has 0 fully saturated rings. The zero-order valence-electron chi connectivity index (χ0n) is 19.7. The normalized spacial score (nSPS) is 12.0. The van der Waals surface area contributed by atoms with Crippen molar-refractivity contribution in [3.05, 3.63) is 94.5 Å². The average Bonchev–Trinajstić information content (AvgIpc) is 2.80. The molecular weight excluding hydrogens is 452 g/mol. The van der Waals surface area contributed by atoms with Gasteiger partial charge in [0.2, 0.25) is 0 Å². The monoisotopic (exact) mass is 478 g/mol. The van der Waals surface area contributed by atoms with Crippen LogP contribution < -0.4 is 9.04 Å². The Labute approximate surface area is 199 Å². The lowest BCUT2D eigenvalue weighted by molar-refractivity contribution is -0.105. The summed E-state index contributed by atoms with van der Waals surface area (Å²) < 4.78 is 34.2. The fourth-order valence-electron chi connectivity index (χ4n) is 3.37. The van der Waals surface area contributed by atoms with E-state index >= 15 is 0 Å². The molecule has 1 aromatic heterocycles. The predicted octanol–water partition coefficient (Wildman–Crippen LogP) is 4.91. The zero-order valence-corrected chi connectivity index (χ0v) is 20.5. The van der Waals surface area contributed by atoms with E-state index in [4.69, 9.17) is 4.74 Å². The van der Waals surface area contributed by atoms with Crippen molar-refractivity contribution < 1.29 is 22.7 Å². The first-order valence-corrected chi connectivity index (χ1v) is 12.0. The number of sulfonamides is 1. The Morgan fingerprint density at radius 2 is 1.62 bits per heavy atom. The first-order valence-electron chi connectivity index (χ1n) is 10.5. The number of hydrogen-bond acceptors (Lipinski definition) is 6. The molecule has 3 rings (SSSR count). The van der Waals surface area contributed by atoms with Crippen LogP contribution in [0.25, 0.3) is 0 Å². The Morgan fingerprint density at radius 3 is 2.21 bits per heavy atom. The van der Waals surface area contributed by atoms with Gasteiger partial charge in [-0.15, -0.1) is 0 Å². The number of anilines is 1. The van der Waals surface area contributed by atoms with Crippen molar-refractivity contribution in [1.29, 1.82) is 0 Å². The summed E-state index contributed by atoms with van der Waals surface area (Å²) in [5.74, 6) is 0.171. The van der Waals surface area contributed by atoms with Gasteiger partial charge >= 0.3 is 0 Å². The summed E-state index contributed by atoms with van der Waals surface area (Å²) >= 11 is 0. The third-order valence-electron chi connectivity index (χ3n) is 5.35. The third-order valence-corrected chi connectivity index (χ3v) is 7.22. The fourth-order valence-corrected chi connectivity index (χ4v) is 4.98. The Kier molecular flexibility index (Phi) is 7.32. The zero-order chi connectivity index (χ0) is 25.0. The quantitative estimate of drug-likeness (QED) is 0.272. The topological polar surface area (TPSA) is 93.6 Å². The molecule has 0 spiro atoms. The van der Waals surface area contributed by atoms with E-state index in [1.807, 2.05) is 6.92 Å². The molecule has 0 aliphatic heterocycles. The number of aldehydes is 1. The van der Waals surface area contributed by atoms with Gasteiger partial charge in [-0.1, -0.05) is 17.7 Å². The highest BCUT2D eigenvalue weighted by molar-refractivity contribution is 7.93. The summed E-state index contributed by atoms with van der Waals surface area (Å²) in [7, 11) is -4.25. The van der Waals surface area contributed by atoms with Crippen LogP contribution in [0.4, 0.5) is 5.69 Å². The Morgan fingerprint density at radius 1 is 0.941 bits per heavy atom. The van der Waals surface area contributed by atoms with Crippen molar-refractivity contribution in [2.24, 2.45) is 0 Å². The summed E-state index contributed by atoms with van der Waals surface area (Å²) in [6.45, 7) is 8.61. The second kappa shape index (κ2) is 10.0. The van der Waals surface area contributed by atoms with Crippen LogP contribution in [-0.4, -0.2) is 25.6 Å². The Balaban J connectivity index is 2.16. The fraction of sp³-hybridized carbons (Fsp3) is 0.192. The van der Waals surface area contributed by atoms with Gasteiger partial charge in [0, 0.05) is 23.5 Å². The molecule has 1 amide bonds. The highest BCUT2D eigenvalue weighted by Gasteiger charge is 2.33. The summed E-state index contributed by atoms with van der Waals surface area (Å²) in [6.07, 6.45) is 3.56. The molecule has 7 nitrogen and oxygen atoms in total. The van der Waals surface area contributed by atoms with Gasteiger partial charge in [0.25, 0.3) is 15.9 Å². The van der Waals surface area contributed by atoms with Crippen LogP contribution in [0, 0.1) is 20.8 Å². The third kappa shape index (κ3) is 5.07. The number of pyridine rings is 1. The van der Waals surface area contributed by atoms with Crippen molar-refractivity contribution in [3.63, 3.8) is 0 Å². The second-order valence-electron chi connectivity index (χ2n) is 7.99. The lowest BCUT2D eigenvalue weighted by atomic mass is 10.2. The van der Waals surface area contributed by atoms with Crippen LogP contribution in [0.5, 0.6) is 5.75 Å². The van der Waals surface area contributed by atoms with E-state index in [2.05, 4.69) is 4.98 Å². The van der Waals surface area contributed by atoms with Crippen molar-refractivity contribution in [2.75, 3.05) is 4.31 Å². The van der Waals surface area contributed by atoms with Gasteiger partial charge < -0.3 is 4.74 Å². The van der Waals surface area contributed by atoms with Crippen LogP contribution in [0.2, 0.25) is 0 Å². The molecule has 2 aromatic carbocycles. The minimum absolute atomic E-state index is 0.0406. The maximum absolute atomic E-state index is 13.8. The molecule has 0 saturated heterocycles. The lowest BCUT2D eigenvalue weighted by Gasteiger charge is -2.24. The van der Waals surface area contributed by atoms with E-state index < -0.39 is 15.9 Å². The molecule has 0 N–H and O–H groups in total. The van der Waals surface area contributed by atoms with E-state index in [0.717, 1.165) is 9.87 Å². The number of allylic oxidation sites excluding steroid dienone is 2. The molecule has 0 unspecified atom stereocenters. The van der Waals surface area contributed by atoms with E-state index in [-0.39, 0.29) is 16.1 Å². The summed E-state index contributed by atoms with van der Waals surface area (Å²) in [6, 6.07) is 12.5. The summed E-state index contributed by atoms with van der Waals surface area (Å²) in [5.41, 5.74) is 2.83. The molecule has 0 bridgehead atoms. The highest BCUT2D eigenvalue weighted by atomic mass is 32.2. The number of ether oxygens (including phenoxy) is 1. The summed E-state index contributed by atoms with van der Waals surface area (Å²) in [5, 5.41) is 0. The molecule has 3 aromatic rings. The number of carbonyl (C=O) groups excluding carboxylic acids is 2. The number of hydrogen-bond donors (Lipinski definition) is 0. The van der Waals surface area contributed by atoms with Crippen molar-refractivity contribution in [2.45, 2.75) is 39.5 Å². The number of amides is 1. The van der Waals surface area contributed by atoms with E-state index in [9.17, 15) is 18.0 Å². The maximum Gasteiger partial charge on any atom is 0.272 e. The molecule has 34 heavy (non-hydrogen) atoms. The first-order chi connectivity index (χ1) is 16.1. The van der Waals surface area contributed by atoms with Crippen LogP contribution in [0.1, 0.15) is 40.9 Å². The van der Waals surface area contributed by atoms with Crippen LogP contribution in [0.15, 0.2) is 77.2 Å². The molecule has 1 heterocycles. The molecule has 176 valence electrons. The van der Waals surface area contributed by atoms with Crippen molar-refractivity contribution >= 4 is 27.9 Å². The van der Waals surface area contributed by atoms with Gasteiger partial charge in [-0.05, 0) is 82.1 Å². The first kappa shape index (κ1) is 24.9. The van der Waals surface area contributed by atoms with E-state index in [1.54, 1.807) is 52.0 Å². The lowest BCUT2D eigenvalue weighted by Crippen LogP contribution is -2.37. The molecule has 0 radical (unpaired) electrons. The molecule has 0 aliphatic rings. The molecular formula is C26H26N2O5S. The van der Waals surface area contributed by atoms with Crippen LogP contribution in [-0.2, 0) is 14.8 Å². The molecule has 0 saturated carbocycles. The molecule has 0 atom stereocenters. The smallest absolute Gasteiger partial charge is 0.272 e. The van der Waals surface area contributed by atoms with E-state index in [0.29, 0.717) is 34.5 Å². The number of aryl methyl sites for hydroxylation is 3. The number of aromatic nitrogens is 1. The Bertz CT molecular complexity index is 1380. The number of carbonyl (C=O) groups is 2.